The van der Waals surface area contributed by atoms with E-state index < -0.39 is 0 Å². The first kappa shape index (κ1) is 19.8. The van der Waals surface area contributed by atoms with Gasteiger partial charge < -0.3 is 14.2 Å². The van der Waals surface area contributed by atoms with Crippen LogP contribution in [0.2, 0.25) is 0 Å². The molecule has 31 heavy (non-hydrogen) atoms. The van der Waals surface area contributed by atoms with Gasteiger partial charge in [0.25, 0.3) is 5.56 Å². The van der Waals surface area contributed by atoms with Gasteiger partial charge in [-0.15, -0.1) is 0 Å². The summed E-state index contributed by atoms with van der Waals surface area (Å²) in [7, 11) is 1.61. The lowest BCUT2D eigenvalue weighted by atomic mass is 9.89. The van der Waals surface area contributed by atoms with Gasteiger partial charge in [0, 0.05) is 18.8 Å². The van der Waals surface area contributed by atoms with Crippen molar-refractivity contribution < 1.29 is 4.74 Å². The second-order valence-electron chi connectivity index (χ2n) is 8.30. The van der Waals surface area contributed by atoms with Crippen molar-refractivity contribution in [2.24, 2.45) is 0 Å². The maximum absolute atomic E-state index is 13.1. The molecular formula is C25H28N4O2. The molecule has 0 radical (unpaired) electrons. The molecule has 1 aromatic carbocycles. The predicted molar refractivity (Wildman–Crippen MR) is 123 cm³/mol. The fourth-order valence-electron chi connectivity index (χ4n) is 4.80. The Morgan fingerprint density at radius 3 is 2.55 bits per heavy atom. The first-order chi connectivity index (χ1) is 15.2. The average Bonchev–Trinajstić information content (AvgIpc) is 3.32. The molecular weight excluding hydrogens is 388 g/mol. The number of hydrogen-bond donors (Lipinski definition) is 0. The SMILES string of the molecule is COc1ccc2c(n1)n1cccc1c(=O)n2CCCN1CCC(c2ccccc2)CC1. The molecule has 0 unspecified atom stereocenters. The van der Waals surface area contributed by atoms with Crippen LogP contribution in [-0.2, 0) is 6.54 Å². The highest BCUT2D eigenvalue weighted by Gasteiger charge is 2.20. The van der Waals surface area contributed by atoms with Crippen LogP contribution in [0.1, 0.15) is 30.7 Å². The van der Waals surface area contributed by atoms with Crippen molar-refractivity contribution in [2.45, 2.75) is 31.7 Å². The molecule has 0 N–H and O–H groups in total. The summed E-state index contributed by atoms with van der Waals surface area (Å²) < 4.78 is 9.02. The van der Waals surface area contributed by atoms with E-state index >= 15 is 0 Å². The Bertz CT molecular complexity index is 1240. The first-order valence-corrected chi connectivity index (χ1v) is 11.1. The third-order valence-corrected chi connectivity index (χ3v) is 6.48. The highest BCUT2D eigenvalue weighted by atomic mass is 16.5. The quantitative estimate of drug-likeness (QED) is 0.478. The van der Waals surface area contributed by atoms with Gasteiger partial charge in [-0.2, -0.15) is 4.98 Å². The molecule has 6 nitrogen and oxygen atoms in total. The summed E-state index contributed by atoms with van der Waals surface area (Å²) in [6.07, 6.45) is 5.22. The number of aromatic nitrogens is 3. The van der Waals surface area contributed by atoms with Crippen LogP contribution < -0.4 is 10.3 Å². The number of nitrogens with zero attached hydrogens (tertiary/aromatic N) is 4. The number of ether oxygens (including phenoxy) is 1. The largest absolute Gasteiger partial charge is 0.481 e. The number of hydrogen-bond acceptors (Lipinski definition) is 4. The monoisotopic (exact) mass is 416 g/mol. The van der Waals surface area contributed by atoms with Crippen LogP contribution in [0.3, 0.4) is 0 Å². The third kappa shape index (κ3) is 3.83. The van der Waals surface area contributed by atoms with Crippen molar-refractivity contribution in [3.63, 3.8) is 0 Å². The van der Waals surface area contributed by atoms with Gasteiger partial charge in [0.05, 0.1) is 12.6 Å². The molecule has 1 aliphatic heterocycles. The molecule has 3 aromatic heterocycles. The zero-order valence-electron chi connectivity index (χ0n) is 17.9. The van der Waals surface area contributed by atoms with Gasteiger partial charge in [-0.25, -0.2) is 0 Å². The smallest absolute Gasteiger partial charge is 0.275 e. The molecule has 1 fully saturated rings. The summed E-state index contributed by atoms with van der Waals surface area (Å²) in [5, 5.41) is 0. The molecule has 6 heteroatoms. The van der Waals surface area contributed by atoms with Gasteiger partial charge in [-0.05, 0) is 68.6 Å². The number of piperidine rings is 1. The fourth-order valence-corrected chi connectivity index (χ4v) is 4.80. The Balaban J connectivity index is 1.29. The van der Waals surface area contributed by atoms with Crippen LogP contribution >= 0.6 is 0 Å². The van der Waals surface area contributed by atoms with Gasteiger partial charge >= 0.3 is 0 Å². The van der Waals surface area contributed by atoms with Crippen molar-refractivity contribution >= 4 is 16.7 Å². The molecule has 0 spiro atoms. The molecule has 4 aromatic rings. The van der Waals surface area contributed by atoms with Crippen molar-refractivity contribution in [1.29, 1.82) is 0 Å². The Morgan fingerprint density at radius 1 is 0.968 bits per heavy atom. The van der Waals surface area contributed by atoms with Crippen LogP contribution in [0, 0.1) is 0 Å². The van der Waals surface area contributed by atoms with E-state index in [1.165, 1.54) is 18.4 Å². The van der Waals surface area contributed by atoms with Gasteiger partial charge in [0.15, 0.2) is 5.65 Å². The van der Waals surface area contributed by atoms with Crippen molar-refractivity contribution in [1.82, 2.24) is 18.9 Å². The lowest BCUT2D eigenvalue weighted by Gasteiger charge is -2.32. The van der Waals surface area contributed by atoms with E-state index in [1.54, 1.807) is 7.11 Å². The van der Waals surface area contributed by atoms with Crippen LogP contribution in [0.4, 0.5) is 0 Å². The summed E-state index contributed by atoms with van der Waals surface area (Å²) in [5.41, 5.74) is 3.74. The molecule has 0 atom stereocenters. The lowest BCUT2D eigenvalue weighted by molar-refractivity contribution is 0.207. The highest BCUT2D eigenvalue weighted by Crippen LogP contribution is 2.27. The summed E-state index contributed by atoms with van der Waals surface area (Å²) in [6.45, 7) is 3.92. The van der Waals surface area contributed by atoms with Crippen molar-refractivity contribution in [3.05, 3.63) is 76.7 Å². The zero-order valence-corrected chi connectivity index (χ0v) is 17.9. The van der Waals surface area contributed by atoms with Gasteiger partial charge in [0.1, 0.15) is 5.52 Å². The fraction of sp³-hybridized carbons (Fsp3) is 0.360. The average molecular weight is 417 g/mol. The molecule has 1 aliphatic rings. The van der Waals surface area contributed by atoms with Crippen LogP contribution in [0.15, 0.2) is 65.6 Å². The Morgan fingerprint density at radius 2 is 1.77 bits per heavy atom. The first-order valence-electron chi connectivity index (χ1n) is 11.1. The van der Waals surface area contributed by atoms with Gasteiger partial charge in [-0.1, -0.05) is 30.3 Å². The van der Waals surface area contributed by atoms with Crippen molar-refractivity contribution in [3.8, 4) is 5.88 Å². The van der Waals surface area contributed by atoms with Gasteiger partial charge in [0.2, 0.25) is 5.88 Å². The van der Waals surface area contributed by atoms with E-state index in [0.29, 0.717) is 23.9 Å². The van der Waals surface area contributed by atoms with Gasteiger partial charge in [-0.3, -0.25) is 9.20 Å². The molecule has 0 bridgehead atoms. The molecule has 160 valence electrons. The molecule has 4 heterocycles. The number of rotatable bonds is 6. The molecule has 5 rings (SSSR count). The lowest BCUT2D eigenvalue weighted by Crippen LogP contribution is -2.34. The van der Waals surface area contributed by atoms with E-state index in [-0.39, 0.29) is 5.56 Å². The van der Waals surface area contributed by atoms with Crippen LogP contribution in [0.5, 0.6) is 5.88 Å². The molecule has 0 amide bonds. The Labute approximate surface area is 181 Å². The second kappa shape index (κ2) is 8.55. The summed E-state index contributed by atoms with van der Waals surface area (Å²) in [5.74, 6) is 1.22. The second-order valence-corrected chi connectivity index (χ2v) is 8.30. The predicted octanol–water partition coefficient (Wildman–Crippen LogP) is 3.93. The van der Waals surface area contributed by atoms with E-state index in [0.717, 1.165) is 37.2 Å². The molecule has 0 aliphatic carbocycles. The molecule has 0 saturated carbocycles. The van der Waals surface area contributed by atoms with E-state index in [4.69, 9.17) is 4.74 Å². The summed E-state index contributed by atoms with van der Waals surface area (Å²) >= 11 is 0. The topological polar surface area (TPSA) is 51.8 Å². The number of likely N-dealkylation sites (tertiary alicyclic amines) is 1. The normalized spacial score (nSPS) is 15.6. The number of benzene rings is 1. The van der Waals surface area contributed by atoms with E-state index in [9.17, 15) is 4.79 Å². The van der Waals surface area contributed by atoms with Crippen molar-refractivity contribution in [2.75, 3.05) is 26.7 Å². The Kier molecular flexibility index (Phi) is 5.47. The number of pyridine rings is 1. The summed E-state index contributed by atoms with van der Waals surface area (Å²) in [4.78, 5) is 20.2. The minimum absolute atomic E-state index is 0.0345. The zero-order chi connectivity index (χ0) is 21.2. The minimum atomic E-state index is 0.0345. The maximum atomic E-state index is 13.1. The number of aryl methyl sites for hydroxylation is 1. The minimum Gasteiger partial charge on any atom is -0.481 e. The molecule has 1 saturated heterocycles. The van der Waals surface area contributed by atoms with E-state index in [2.05, 4.69) is 40.2 Å². The highest BCUT2D eigenvalue weighted by molar-refractivity contribution is 5.75. The van der Waals surface area contributed by atoms with Crippen LogP contribution in [-0.4, -0.2) is 45.6 Å². The Hall–Kier alpha value is -3.12. The number of fused-ring (bicyclic) bond motifs is 3. The summed E-state index contributed by atoms with van der Waals surface area (Å²) in [6, 6.07) is 18.4. The van der Waals surface area contributed by atoms with Crippen LogP contribution in [0.25, 0.3) is 16.7 Å². The van der Waals surface area contributed by atoms with E-state index in [1.807, 2.05) is 39.4 Å². The third-order valence-electron chi connectivity index (χ3n) is 6.48. The maximum Gasteiger partial charge on any atom is 0.275 e. The number of methoxy groups -OCH3 is 1. The standard InChI is InChI=1S/C25H28N4O2/c1-31-23-11-10-21-24(26-23)28-15-5-9-22(28)25(30)29(21)16-6-14-27-17-12-20(13-18-27)19-7-3-2-4-8-19/h2-5,7-11,15,20H,6,12-14,16-18H2,1H3.